The topological polar surface area (TPSA) is 212 Å². The maximum absolute atomic E-state index is 13.2. The zero-order chi connectivity index (χ0) is 50.6. The number of nitrogens with one attached hydrogen (secondary N) is 1. The van der Waals surface area contributed by atoms with Gasteiger partial charge in [-0.25, -0.2) is 4.18 Å². The average molecular weight is 1000 g/mol. The fourth-order valence-electron chi connectivity index (χ4n) is 9.10. The number of carbonyl (C=O) groups is 1. The summed E-state index contributed by atoms with van der Waals surface area (Å²) in [5, 5.41) is 55.5. The van der Waals surface area contributed by atoms with Crippen LogP contribution in [0, 0.1) is 0 Å². The third kappa shape index (κ3) is 37.0. The standard InChI is InChI=1S/C55H105NO12S/c1-3-5-7-9-11-13-15-17-19-21-23-24-26-27-29-31-33-35-37-39-41-43-48(58)47(46-66-55-52(61)53(68-69(63,64)65)51(60)50(45-57)67-55)56-54(62)49(59)44-42-40-38-36-34-32-30-28-25-22-20-18-16-14-12-10-8-6-4-2/h25,28,41,43,47-53,55,57-61H,3-24,26-27,29-40,42,44-46H2,1-2H3,(H,56,62)(H,63,64,65)/b28-25-,43-41+. The van der Waals surface area contributed by atoms with Crippen LogP contribution in [0.4, 0.5) is 0 Å². The minimum absolute atomic E-state index is 0.238. The normalized spacial score (nSPS) is 20.3. The van der Waals surface area contributed by atoms with Crippen molar-refractivity contribution in [3.05, 3.63) is 24.3 Å². The van der Waals surface area contributed by atoms with Crippen molar-refractivity contribution in [1.29, 1.82) is 0 Å². The molecule has 1 heterocycles. The van der Waals surface area contributed by atoms with Crippen LogP contribution in [-0.2, 0) is 28.9 Å². The van der Waals surface area contributed by atoms with Crippen molar-refractivity contribution < 1.29 is 57.0 Å². The smallest absolute Gasteiger partial charge is 0.394 e. The fourth-order valence-corrected chi connectivity index (χ4v) is 9.61. The monoisotopic (exact) mass is 1000 g/mol. The van der Waals surface area contributed by atoms with Crippen LogP contribution < -0.4 is 5.32 Å². The number of unbranched alkanes of at least 4 members (excludes halogenated alkanes) is 34. The van der Waals surface area contributed by atoms with E-state index in [2.05, 4.69) is 35.5 Å². The molecule has 7 N–H and O–H groups in total. The summed E-state index contributed by atoms with van der Waals surface area (Å²) < 4.78 is 47.7. The third-order valence-electron chi connectivity index (χ3n) is 13.6. The molecular formula is C55H105NO12S. The van der Waals surface area contributed by atoms with E-state index in [0.717, 1.165) is 57.8 Å². The molecule has 0 radical (unpaired) electrons. The van der Waals surface area contributed by atoms with Crippen molar-refractivity contribution in [2.45, 2.75) is 307 Å². The van der Waals surface area contributed by atoms with Crippen LogP contribution >= 0.6 is 0 Å². The lowest BCUT2D eigenvalue weighted by Gasteiger charge is -2.41. The minimum Gasteiger partial charge on any atom is -0.394 e. The quantitative estimate of drug-likeness (QED) is 0.0172. The molecule has 13 nitrogen and oxygen atoms in total. The van der Waals surface area contributed by atoms with E-state index < -0.39 is 78.5 Å². The van der Waals surface area contributed by atoms with Gasteiger partial charge in [-0.1, -0.05) is 237 Å². The highest BCUT2D eigenvalue weighted by atomic mass is 32.3. The summed E-state index contributed by atoms with van der Waals surface area (Å²) in [6.45, 7) is 3.26. The molecule has 0 bridgehead atoms. The third-order valence-corrected chi connectivity index (χ3v) is 14.0. The van der Waals surface area contributed by atoms with E-state index >= 15 is 0 Å². The highest BCUT2D eigenvalue weighted by Crippen LogP contribution is 2.26. The first kappa shape index (κ1) is 65.6. The van der Waals surface area contributed by atoms with Gasteiger partial charge < -0.3 is 40.3 Å². The van der Waals surface area contributed by atoms with Gasteiger partial charge in [0.25, 0.3) is 0 Å². The number of carbonyl (C=O) groups excluding carboxylic acids is 1. The van der Waals surface area contributed by atoms with Crippen LogP contribution in [0.3, 0.4) is 0 Å². The van der Waals surface area contributed by atoms with Gasteiger partial charge in [-0.2, -0.15) is 8.42 Å². The first-order valence-corrected chi connectivity index (χ1v) is 29.7. The molecule has 408 valence electrons. The SMILES string of the molecule is CCCCCCCCCCC/C=C\CCCCCCCCC(O)C(=O)NC(COC1OC(CO)C(O)C(OS(=O)(=O)O)C1O)C(O)/C=C/CCCCCCCCCCCCCCCCCCCCC. The molecule has 0 saturated carbocycles. The molecule has 1 aliphatic rings. The van der Waals surface area contributed by atoms with E-state index in [1.807, 2.05) is 6.08 Å². The summed E-state index contributed by atoms with van der Waals surface area (Å²) in [4.78, 5) is 13.2. The Balaban J connectivity index is 2.46. The summed E-state index contributed by atoms with van der Waals surface area (Å²) in [7, 11) is -5.12. The van der Waals surface area contributed by atoms with E-state index in [0.29, 0.717) is 12.8 Å². The van der Waals surface area contributed by atoms with Gasteiger partial charge in [0.05, 0.1) is 25.4 Å². The average Bonchev–Trinajstić information content (AvgIpc) is 3.32. The van der Waals surface area contributed by atoms with E-state index in [4.69, 9.17) is 9.47 Å². The van der Waals surface area contributed by atoms with Gasteiger partial charge >= 0.3 is 10.4 Å². The Labute approximate surface area is 421 Å². The Morgan fingerprint density at radius 1 is 0.580 bits per heavy atom. The van der Waals surface area contributed by atoms with Gasteiger partial charge in [-0.05, 0) is 44.9 Å². The number of hydrogen-bond acceptors (Lipinski definition) is 11. The van der Waals surface area contributed by atoms with Gasteiger partial charge in [0.1, 0.15) is 30.5 Å². The van der Waals surface area contributed by atoms with Crippen molar-refractivity contribution in [1.82, 2.24) is 5.32 Å². The van der Waals surface area contributed by atoms with Crippen LogP contribution in [0.1, 0.15) is 258 Å². The zero-order valence-electron chi connectivity index (χ0n) is 43.8. The van der Waals surface area contributed by atoms with Gasteiger partial charge in [-0.3, -0.25) is 9.35 Å². The lowest BCUT2D eigenvalue weighted by Crippen LogP contribution is -2.61. The number of amides is 1. The van der Waals surface area contributed by atoms with E-state index in [1.165, 1.54) is 167 Å². The van der Waals surface area contributed by atoms with E-state index in [9.17, 15) is 43.3 Å². The Hall–Kier alpha value is -1.46. The van der Waals surface area contributed by atoms with Crippen molar-refractivity contribution in [3.63, 3.8) is 0 Å². The number of rotatable bonds is 49. The molecule has 1 rings (SSSR count). The molecule has 8 atom stereocenters. The van der Waals surface area contributed by atoms with E-state index in [-0.39, 0.29) is 6.42 Å². The highest BCUT2D eigenvalue weighted by Gasteiger charge is 2.48. The minimum atomic E-state index is -5.12. The molecule has 1 saturated heterocycles. The Morgan fingerprint density at radius 3 is 1.35 bits per heavy atom. The number of ether oxygens (including phenoxy) is 2. The lowest BCUT2D eigenvalue weighted by atomic mass is 9.99. The van der Waals surface area contributed by atoms with Crippen LogP contribution in [0.2, 0.25) is 0 Å². The molecular weight excluding hydrogens is 899 g/mol. The Morgan fingerprint density at radius 2 is 0.957 bits per heavy atom. The molecule has 0 aliphatic carbocycles. The molecule has 0 aromatic heterocycles. The predicted molar refractivity (Wildman–Crippen MR) is 279 cm³/mol. The number of allylic oxidation sites excluding steroid dienone is 3. The molecule has 0 aromatic rings. The van der Waals surface area contributed by atoms with Crippen LogP contribution in [0.25, 0.3) is 0 Å². The van der Waals surface area contributed by atoms with Gasteiger partial charge in [0.15, 0.2) is 6.29 Å². The van der Waals surface area contributed by atoms with Gasteiger partial charge in [0.2, 0.25) is 5.91 Å². The molecule has 14 heteroatoms. The molecule has 1 aliphatic heterocycles. The molecule has 0 aromatic carbocycles. The zero-order valence-corrected chi connectivity index (χ0v) is 44.6. The van der Waals surface area contributed by atoms with Crippen LogP contribution in [-0.4, -0.2) is 107 Å². The van der Waals surface area contributed by atoms with Crippen molar-refractivity contribution in [3.8, 4) is 0 Å². The summed E-state index contributed by atoms with van der Waals surface area (Å²) in [6.07, 6.45) is 42.5. The maximum atomic E-state index is 13.2. The van der Waals surface area contributed by atoms with Crippen molar-refractivity contribution in [2.75, 3.05) is 13.2 Å². The predicted octanol–water partition coefficient (Wildman–Crippen LogP) is 11.8. The summed E-state index contributed by atoms with van der Waals surface area (Å²) in [5.74, 6) is -0.703. The second-order valence-electron chi connectivity index (χ2n) is 20.0. The summed E-state index contributed by atoms with van der Waals surface area (Å²) in [5.41, 5.74) is 0. The maximum Gasteiger partial charge on any atom is 0.397 e. The Bertz CT molecular complexity index is 1340. The van der Waals surface area contributed by atoms with Crippen molar-refractivity contribution >= 4 is 16.3 Å². The number of aliphatic hydroxyl groups excluding tert-OH is 5. The molecule has 0 spiro atoms. The fraction of sp³-hybridized carbons (Fsp3) is 0.909. The number of aliphatic hydroxyl groups is 5. The van der Waals surface area contributed by atoms with Gasteiger partial charge in [-0.15, -0.1) is 0 Å². The second-order valence-corrected chi connectivity index (χ2v) is 21.1. The first-order valence-electron chi connectivity index (χ1n) is 28.3. The summed E-state index contributed by atoms with van der Waals surface area (Å²) in [6, 6.07) is -1.12. The molecule has 69 heavy (non-hydrogen) atoms. The molecule has 8 unspecified atom stereocenters. The Kier molecular flexibility index (Phi) is 42.9. The lowest BCUT2D eigenvalue weighted by molar-refractivity contribution is -0.298. The van der Waals surface area contributed by atoms with Gasteiger partial charge in [0, 0.05) is 0 Å². The largest absolute Gasteiger partial charge is 0.397 e. The number of hydrogen-bond donors (Lipinski definition) is 7. The van der Waals surface area contributed by atoms with Crippen molar-refractivity contribution in [2.24, 2.45) is 0 Å². The molecule has 1 amide bonds. The molecule has 1 fully saturated rings. The van der Waals surface area contributed by atoms with Crippen LogP contribution in [0.5, 0.6) is 0 Å². The summed E-state index contributed by atoms with van der Waals surface area (Å²) >= 11 is 0. The first-order chi connectivity index (χ1) is 33.4. The van der Waals surface area contributed by atoms with Crippen LogP contribution in [0.15, 0.2) is 24.3 Å². The highest BCUT2D eigenvalue weighted by molar-refractivity contribution is 7.80. The second kappa shape index (κ2) is 45.2. The van der Waals surface area contributed by atoms with E-state index in [1.54, 1.807) is 6.08 Å².